The molecule has 0 bridgehead atoms. The molecule has 0 saturated heterocycles. The van der Waals surface area contributed by atoms with Crippen LogP contribution in [0.15, 0.2) is 0 Å². The normalized spacial score (nSPS) is 50.2. The van der Waals surface area contributed by atoms with Crippen molar-refractivity contribution in [3.05, 3.63) is 5.82 Å². The largest absolute Gasteiger partial charge is 0.387 e. The lowest BCUT2D eigenvalue weighted by molar-refractivity contribution is -0.131. The first-order valence-corrected chi connectivity index (χ1v) is 13.3. The van der Waals surface area contributed by atoms with Gasteiger partial charge in [-0.05, 0) is 122 Å². The van der Waals surface area contributed by atoms with Crippen LogP contribution in [0, 0.1) is 65.6 Å². The highest BCUT2D eigenvalue weighted by Gasteiger charge is 2.70. The number of aryl methyl sites for hydroxylation is 1. The third-order valence-electron chi connectivity index (χ3n) is 11.0. The van der Waals surface area contributed by atoms with Crippen LogP contribution in [0.2, 0.25) is 0 Å². The highest BCUT2D eigenvalue weighted by Crippen LogP contribution is 2.76. The lowest BCUT2D eigenvalue weighted by atomic mass is 9.47. The smallest absolute Gasteiger partial charge is 0.171 e. The van der Waals surface area contributed by atoms with Gasteiger partial charge in [0.2, 0.25) is 0 Å². The zero-order valence-corrected chi connectivity index (χ0v) is 20.4. The van der Waals surface area contributed by atoms with E-state index in [-0.39, 0.29) is 0 Å². The van der Waals surface area contributed by atoms with Crippen molar-refractivity contribution in [1.29, 1.82) is 0 Å². The molecule has 5 aliphatic rings. The van der Waals surface area contributed by atoms with Crippen LogP contribution in [0.4, 0.5) is 0 Å². The molecule has 6 rings (SSSR count). The summed E-state index contributed by atoms with van der Waals surface area (Å²) in [5.74, 6) is 8.38. The SMILES string of the molecule is COC[C@@]1(O)CC[C@H]2[C@@H](CC[C@@H]3[C@@H]2CC[C@@]2(C)[C@H]3[C@@H]3C[C@@H]3[C@@H]2[C@H](C)Cn2nnc(C)n2)C1. The van der Waals surface area contributed by atoms with Gasteiger partial charge >= 0.3 is 0 Å². The molecule has 1 N–H and O–H groups in total. The van der Waals surface area contributed by atoms with Crippen molar-refractivity contribution in [3.8, 4) is 0 Å². The van der Waals surface area contributed by atoms with Crippen LogP contribution in [0.3, 0.4) is 0 Å². The summed E-state index contributed by atoms with van der Waals surface area (Å²) in [5, 5.41) is 23.9. The van der Waals surface area contributed by atoms with E-state index < -0.39 is 5.60 Å². The standard InChI is InChI=1S/C26H42N4O2/c1-15(13-30-28-16(2)27-29-30)23-21-11-22(21)24-20-6-5-17-12-26(31,14-32-4)10-8-18(17)19(20)7-9-25(23,24)3/h15,17-24,31H,5-14H2,1-4H3/t15-,17+,18+,19-,20-,21+,22-,23+,24-,25-,26-/m1/s1. The first-order valence-electron chi connectivity index (χ1n) is 13.3. The first kappa shape index (κ1) is 21.5. The number of methoxy groups -OCH3 is 1. The predicted octanol–water partition coefficient (Wildman–Crippen LogP) is 4.12. The zero-order valence-electron chi connectivity index (χ0n) is 20.4. The van der Waals surface area contributed by atoms with Crippen LogP contribution in [0.5, 0.6) is 0 Å². The highest BCUT2D eigenvalue weighted by molar-refractivity contribution is 5.18. The number of tetrazole rings is 1. The second-order valence-corrected chi connectivity index (χ2v) is 12.8. The molecule has 5 aliphatic carbocycles. The van der Waals surface area contributed by atoms with Gasteiger partial charge in [0, 0.05) is 7.11 Å². The summed E-state index contributed by atoms with van der Waals surface area (Å²) in [6.45, 7) is 8.46. The number of hydrogen-bond donors (Lipinski definition) is 1. The molecule has 5 fully saturated rings. The summed E-state index contributed by atoms with van der Waals surface area (Å²) in [6.07, 6.45) is 10.1. The van der Waals surface area contributed by atoms with Gasteiger partial charge < -0.3 is 9.84 Å². The van der Waals surface area contributed by atoms with E-state index in [0.29, 0.717) is 23.9 Å². The van der Waals surface area contributed by atoms with Crippen LogP contribution >= 0.6 is 0 Å². The molecular formula is C26H42N4O2. The molecule has 32 heavy (non-hydrogen) atoms. The van der Waals surface area contributed by atoms with Gasteiger partial charge in [0.25, 0.3) is 0 Å². The molecule has 1 aromatic rings. The number of ether oxygens (including phenoxy) is 1. The molecule has 178 valence electrons. The summed E-state index contributed by atoms with van der Waals surface area (Å²) in [5.41, 5.74) is -0.0861. The second-order valence-electron chi connectivity index (χ2n) is 12.8. The van der Waals surface area contributed by atoms with E-state index in [0.717, 1.165) is 66.6 Å². The number of rotatable bonds is 5. The maximum Gasteiger partial charge on any atom is 0.171 e. The number of nitrogens with zero attached hydrogens (tertiary/aromatic N) is 4. The Kier molecular flexibility index (Phi) is 5.04. The summed E-state index contributed by atoms with van der Waals surface area (Å²) in [6, 6.07) is 0. The lowest BCUT2D eigenvalue weighted by Crippen LogP contribution is -2.53. The number of hydrogen-bond acceptors (Lipinski definition) is 5. The second kappa shape index (κ2) is 7.49. The minimum Gasteiger partial charge on any atom is -0.387 e. The third-order valence-corrected chi connectivity index (χ3v) is 11.0. The van der Waals surface area contributed by atoms with Gasteiger partial charge in [-0.2, -0.15) is 4.80 Å². The highest BCUT2D eigenvalue weighted by atomic mass is 16.5. The third kappa shape index (κ3) is 3.22. The van der Waals surface area contributed by atoms with Crippen LogP contribution in [0.25, 0.3) is 0 Å². The maximum absolute atomic E-state index is 11.0. The van der Waals surface area contributed by atoms with Gasteiger partial charge in [-0.15, -0.1) is 10.2 Å². The molecule has 6 heteroatoms. The molecule has 1 aromatic heterocycles. The molecule has 0 spiro atoms. The molecule has 0 unspecified atom stereocenters. The number of aliphatic hydroxyl groups is 1. The molecule has 0 amide bonds. The molecule has 0 aliphatic heterocycles. The average Bonchev–Trinajstić information content (AvgIpc) is 3.29. The Morgan fingerprint density at radius 2 is 1.91 bits per heavy atom. The van der Waals surface area contributed by atoms with Gasteiger partial charge in [0.05, 0.1) is 18.8 Å². The van der Waals surface area contributed by atoms with Crippen molar-refractivity contribution in [3.63, 3.8) is 0 Å². The Bertz CT molecular complexity index is 859. The van der Waals surface area contributed by atoms with Crippen LogP contribution in [-0.4, -0.2) is 44.6 Å². The average molecular weight is 443 g/mol. The van der Waals surface area contributed by atoms with Gasteiger partial charge in [-0.3, -0.25) is 0 Å². The fourth-order valence-corrected chi connectivity index (χ4v) is 10.2. The summed E-state index contributed by atoms with van der Waals surface area (Å²) in [4.78, 5) is 1.84. The lowest BCUT2D eigenvalue weighted by Gasteiger charge is -2.58. The minimum atomic E-state index is -0.574. The molecule has 0 radical (unpaired) electrons. The van der Waals surface area contributed by atoms with E-state index >= 15 is 0 Å². The van der Waals surface area contributed by atoms with Crippen molar-refractivity contribution < 1.29 is 9.84 Å². The van der Waals surface area contributed by atoms with E-state index in [2.05, 4.69) is 29.3 Å². The van der Waals surface area contributed by atoms with Crippen LogP contribution in [0.1, 0.15) is 71.0 Å². The van der Waals surface area contributed by atoms with Crippen LogP contribution in [-0.2, 0) is 11.3 Å². The van der Waals surface area contributed by atoms with Gasteiger partial charge in [-0.1, -0.05) is 13.8 Å². The van der Waals surface area contributed by atoms with Gasteiger partial charge in [0.15, 0.2) is 5.82 Å². The van der Waals surface area contributed by atoms with Gasteiger partial charge in [-0.25, -0.2) is 0 Å². The monoisotopic (exact) mass is 442 g/mol. The summed E-state index contributed by atoms with van der Waals surface area (Å²) in [7, 11) is 1.73. The summed E-state index contributed by atoms with van der Waals surface area (Å²) >= 11 is 0. The van der Waals surface area contributed by atoms with Crippen molar-refractivity contribution in [2.75, 3.05) is 13.7 Å². The first-order chi connectivity index (χ1) is 15.3. The minimum absolute atomic E-state index is 0.488. The number of fused-ring (bicyclic) bond motifs is 7. The Labute approximate surface area is 192 Å². The van der Waals surface area contributed by atoms with Crippen molar-refractivity contribution in [1.82, 2.24) is 20.2 Å². The molecule has 0 aromatic carbocycles. The van der Waals surface area contributed by atoms with Crippen LogP contribution < -0.4 is 0 Å². The van der Waals surface area contributed by atoms with E-state index in [1.807, 2.05) is 11.7 Å². The fraction of sp³-hybridized carbons (Fsp3) is 0.962. The zero-order chi connectivity index (χ0) is 22.3. The fourth-order valence-electron chi connectivity index (χ4n) is 10.2. The van der Waals surface area contributed by atoms with Gasteiger partial charge in [0.1, 0.15) is 0 Å². The van der Waals surface area contributed by atoms with E-state index in [1.165, 1.54) is 38.5 Å². The van der Waals surface area contributed by atoms with Crippen molar-refractivity contribution >= 4 is 0 Å². The molecule has 5 saturated carbocycles. The van der Waals surface area contributed by atoms with E-state index in [1.54, 1.807) is 7.11 Å². The Morgan fingerprint density at radius 3 is 2.66 bits per heavy atom. The molecule has 11 atom stereocenters. The topological polar surface area (TPSA) is 73.1 Å². The molecule has 6 nitrogen and oxygen atoms in total. The molecule has 1 heterocycles. The Balaban J connectivity index is 1.20. The quantitative estimate of drug-likeness (QED) is 0.743. The van der Waals surface area contributed by atoms with E-state index in [4.69, 9.17) is 4.74 Å². The summed E-state index contributed by atoms with van der Waals surface area (Å²) < 4.78 is 5.37. The predicted molar refractivity (Wildman–Crippen MR) is 122 cm³/mol. The maximum atomic E-state index is 11.0. The van der Waals surface area contributed by atoms with Crippen molar-refractivity contribution in [2.24, 2.45) is 58.7 Å². The Morgan fingerprint density at radius 1 is 1.09 bits per heavy atom. The Hall–Kier alpha value is -1.01. The number of aromatic nitrogens is 4. The molecular weight excluding hydrogens is 400 g/mol. The van der Waals surface area contributed by atoms with Crippen molar-refractivity contribution in [2.45, 2.75) is 84.3 Å². The van der Waals surface area contributed by atoms with E-state index in [9.17, 15) is 5.11 Å².